The van der Waals surface area contributed by atoms with Crippen LogP contribution in [0.3, 0.4) is 0 Å². The molecule has 1 aromatic carbocycles. The SMILES string of the molecule is O=C(Cn1ccc(C(F)(F)F)n1)c1ccccc1. The van der Waals surface area contributed by atoms with E-state index in [9.17, 15) is 18.0 Å². The molecule has 94 valence electrons. The lowest BCUT2D eigenvalue weighted by atomic mass is 10.1. The number of ketones is 1. The first-order valence-electron chi connectivity index (χ1n) is 5.16. The second-order valence-electron chi connectivity index (χ2n) is 3.69. The molecular weight excluding hydrogens is 245 g/mol. The van der Waals surface area contributed by atoms with Crippen molar-refractivity contribution in [2.24, 2.45) is 0 Å². The number of hydrogen-bond acceptors (Lipinski definition) is 2. The molecule has 6 heteroatoms. The fourth-order valence-electron chi connectivity index (χ4n) is 1.46. The number of carbonyl (C=O) groups is 1. The first-order chi connectivity index (χ1) is 8.47. The van der Waals surface area contributed by atoms with E-state index < -0.39 is 11.9 Å². The molecule has 0 spiro atoms. The number of Topliss-reactive ketones (excluding diaryl/α,β-unsaturated/α-hetero) is 1. The van der Waals surface area contributed by atoms with Crippen molar-refractivity contribution in [2.75, 3.05) is 0 Å². The lowest BCUT2D eigenvalue weighted by Gasteiger charge is -2.02. The van der Waals surface area contributed by atoms with E-state index in [4.69, 9.17) is 0 Å². The molecule has 0 aliphatic rings. The Kier molecular flexibility index (Phi) is 3.18. The van der Waals surface area contributed by atoms with Crippen LogP contribution in [-0.4, -0.2) is 15.6 Å². The molecule has 0 aliphatic carbocycles. The van der Waals surface area contributed by atoms with Crippen molar-refractivity contribution >= 4 is 5.78 Å². The van der Waals surface area contributed by atoms with Crippen LogP contribution in [0.15, 0.2) is 42.6 Å². The van der Waals surface area contributed by atoms with Crippen LogP contribution in [0.2, 0.25) is 0 Å². The molecule has 0 atom stereocenters. The van der Waals surface area contributed by atoms with Crippen LogP contribution in [-0.2, 0) is 12.7 Å². The van der Waals surface area contributed by atoms with Crippen molar-refractivity contribution in [2.45, 2.75) is 12.7 Å². The molecule has 18 heavy (non-hydrogen) atoms. The quantitative estimate of drug-likeness (QED) is 0.789. The van der Waals surface area contributed by atoms with E-state index in [1.54, 1.807) is 30.3 Å². The van der Waals surface area contributed by atoms with Gasteiger partial charge in [-0.25, -0.2) is 0 Å². The van der Waals surface area contributed by atoms with Gasteiger partial charge in [0.15, 0.2) is 11.5 Å². The summed E-state index contributed by atoms with van der Waals surface area (Å²) in [5.41, 5.74) is -0.551. The van der Waals surface area contributed by atoms with Crippen LogP contribution in [0.5, 0.6) is 0 Å². The van der Waals surface area contributed by atoms with Gasteiger partial charge in [0.1, 0.15) is 6.54 Å². The van der Waals surface area contributed by atoms with Gasteiger partial charge in [0.25, 0.3) is 0 Å². The van der Waals surface area contributed by atoms with E-state index in [0.29, 0.717) is 5.56 Å². The summed E-state index contributed by atoms with van der Waals surface area (Å²) in [5.74, 6) is -0.285. The van der Waals surface area contributed by atoms with E-state index in [2.05, 4.69) is 5.10 Å². The van der Waals surface area contributed by atoms with Crippen LogP contribution in [0.25, 0.3) is 0 Å². The van der Waals surface area contributed by atoms with Gasteiger partial charge in [-0.3, -0.25) is 9.48 Å². The average molecular weight is 254 g/mol. The van der Waals surface area contributed by atoms with Gasteiger partial charge in [-0.2, -0.15) is 18.3 Å². The molecule has 1 heterocycles. The third-order valence-electron chi connectivity index (χ3n) is 2.33. The van der Waals surface area contributed by atoms with Crippen LogP contribution in [0, 0.1) is 0 Å². The van der Waals surface area contributed by atoms with Crippen molar-refractivity contribution in [3.8, 4) is 0 Å². The monoisotopic (exact) mass is 254 g/mol. The van der Waals surface area contributed by atoms with E-state index in [-0.39, 0.29) is 12.3 Å². The third kappa shape index (κ3) is 2.77. The molecular formula is C12H9F3N2O. The summed E-state index contributed by atoms with van der Waals surface area (Å²) in [7, 11) is 0. The second-order valence-corrected chi connectivity index (χ2v) is 3.69. The summed E-state index contributed by atoms with van der Waals surface area (Å²) < 4.78 is 37.9. The van der Waals surface area contributed by atoms with Gasteiger partial charge >= 0.3 is 6.18 Å². The molecule has 0 saturated heterocycles. The smallest absolute Gasteiger partial charge is 0.292 e. The van der Waals surface area contributed by atoms with Crippen molar-refractivity contribution in [3.63, 3.8) is 0 Å². The van der Waals surface area contributed by atoms with Crippen molar-refractivity contribution in [3.05, 3.63) is 53.9 Å². The number of carbonyl (C=O) groups excluding carboxylic acids is 1. The number of hydrogen-bond donors (Lipinski definition) is 0. The van der Waals surface area contributed by atoms with Gasteiger partial charge in [-0.15, -0.1) is 0 Å². The summed E-state index contributed by atoms with van der Waals surface area (Å²) >= 11 is 0. The summed E-state index contributed by atoms with van der Waals surface area (Å²) in [5, 5.41) is 3.32. The second kappa shape index (κ2) is 4.64. The van der Waals surface area contributed by atoms with E-state index >= 15 is 0 Å². The van der Waals surface area contributed by atoms with Crippen molar-refractivity contribution < 1.29 is 18.0 Å². The minimum atomic E-state index is -4.49. The van der Waals surface area contributed by atoms with Crippen LogP contribution in [0.1, 0.15) is 16.1 Å². The molecule has 0 aliphatic heterocycles. The van der Waals surface area contributed by atoms with E-state index in [0.717, 1.165) is 16.9 Å². The minimum absolute atomic E-state index is 0.208. The zero-order chi connectivity index (χ0) is 13.2. The Morgan fingerprint density at radius 2 is 1.83 bits per heavy atom. The third-order valence-corrected chi connectivity index (χ3v) is 2.33. The Balaban J connectivity index is 2.11. The minimum Gasteiger partial charge on any atom is -0.292 e. The van der Waals surface area contributed by atoms with Gasteiger partial charge in [0.2, 0.25) is 0 Å². The molecule has 2 rings (SSSR count). The van der Waals surface area contributed by atoms with Gasteiger partial charge < -0.3 is 0 Å². The maximum absolute atomic E-state index is 12.3. The zero-order valence-corrected chi connectivity index (χ0v) is 9.19. The molecule has 2 aromatic rings. The predicted octanol–water partition coefficient (Wildman–Crippen LogP) is 2.78. The molecule has 3 nitrogen and oxygen atoms in total. The topological polar surface area (TPSA) is 34.9 Å². The van der Waals surface area contributed by atoms with E-state index in [1.165, 1.54) is 0 Å². The number of halogens is 3. The maximum Gasteiger partial charge on any atom is 0.435 e. The fraction of sp³-hybridized carbons (Fsp3) is 0.167. The van der Waals surface area contributed by atoms with Crippen LogP contribution in [0.4, 0.5) is 13.2 Å². The van der Waals surface area contributed by atoms with Gasteiger partial charge in [0, 0.05) is 11.8 Å². The first kappa shape index (κ1) is 12.3. The molecule has 0 amide bonds. The Labute approximate surface area is 101 Å². The number of alkyl halides is 3. The zero-order valence-electron chi connectivity index (χ0n) is 9.19. The molecule has 0 saturated carbocycles. The van der Waals surface area contributed by atoms with Gasteiger partial charge in [-0.05, 0) is 6.07 Å². The number of nitrogens with zero attached hydrogens (tertiary/aromatic N) is 2. The highest BCUT2D eigenvalue weighted by atomic mass is 19.4. The Morgan fingerprint density at radius 1 is 1.17 bits per heavy atom. The van der Waals surface area contributed by atoms with Gasteiger partial charge in [0.05, 0.1) is 0 Å². The van der Waals surface area contributed by atoms with Crippen LogP contribution >= 0.6 is 0 Å². The normalized spacial score (nSPS) is 11.5. The largest absolute Gasteiger partial charge is 0.435 e. The standard InChI is InChI=1S/C12H9F3N2O/c13-12(14,15)11-6-7-17(16-11)8-10(18)9-4-2-1-3-5-9/h1-7H,8H2. The summed E-state index contributed by atoms with van der Waals surface area (Å²) in [6.07, 6.45) is -3.34. The molecule has 0 N–H and O–H groups in total. The highest BCUT2D eigenvalue weighted by Gasteiger charge is 2.33. The molecule has 0 radical (unpaired) electrons. The number of benzene rings is 1. The Bertz CT molecular complexity index is 546. The molecule has 0 unspecified atom stereocenters. The Hall–Kier alpha value is -2.11. The van der Waals surface area contributed by atoms with Crippen molar-refractivity contribution in [1.82, 2.24) is 9.78 Å². The predicted molar refractivity (Wildman–Crippen MR) is 58.0 cm³/mol. The molecule has 0 bridgehead atoms. The number of rotatable bonds is 3. The molecule has 0 fully saturated rings. The summed E-state index contributed by atoms with van der Waals surface area (Å²) in [4.78, 5) is 11.7. The fourth-order valence-corrected chi connectivity index (χ4v) is 1.46. The summed E-state index contributed by atoms with van der Waals surface area (Å²) in [6, 6.07) is 9.20. The van der Waals surface area contributed by atoms with E-state index in [1.807, 2.05) is 0 Å². The van der Waals surface area contributed by atoms with Gasteiger partial charge in [-0.1, -0.05) is 30.3 Å². The lowest BCUT2D eigenvalue weighted by Crippen LogP contribution is -2.13. The Morgan fingerprint density at radius 3 is 2.39 bits per heavy atom. The van der Waals surface area contributed by atoms with Crippen molar-refractivity contribution in [1.29, 1.82) is 0 Å². The first-order valence-corrected chi connectivity index (χ1v) is 5.16. The highest BCUT2D eigenvalue weighted by Crippen LogP contribution is 2.27. The highest BCUT2D eigenvalue weighted by molar-refractivity contribution is 5.95. The van der Waals surface area contributed by atoms with Crippen LogP contribution < -0.4 is 0 Å². The summed E-state index contributed by atoms with van der Waals surface area (Å²) in [6.45, 7) is -0.208. The maximum atomic E-state index is 12.3. The average Bonchev–Trinajstić information content (AvgIpc) is 2.78. The number of aromatic nitrogens is 2. The lowest BCUT2D eigenvalue weighted by molar-refractivity contribution is -0.141. The molecule has 1 aromatic heterocycles.